The molecular formula is C20H38N6. The summed E-state index contributed by atoms with van der Waals surface area (Å²) in [5.41, 5.74) is 1.34. The molecule has 6 heteroatoms. The van der Waals surface area contributed by atoms with Crippen LogP contribution in [0, 0.1) is 0 Å². The summed E-state index contributed by atoms with van der Waals surface area (Å²) in [7, 11) is 1.99. The van der Waals surface area contributed by atoms with Crippen LogP contribution in [0.1, 0.15) is 58.9 Å². The summed E-state index contributed by atoms with van der Waals surface area (Å²) in [4.78, 5) is 9.85. The van der Waals surface area contributed by atoms with Crippen LogP contribution in [0.15, 0.2) is 17.4 Å². The van der Waals surface area contributed by atoms with Crippen LogP contribution in [0.4, 0.5) is 0 Å². The number of hydrogen-bond donors (Lipinski definition) is 1. The molecule has 1 saturated heterocycles. The monoisotopic (exact) mass is 362 g/mol. The molecule has 0 spiro atoms. The molecule has 1 unspecified atom stereocenters. The third kappa shape index (κ3) is 5.73. The van der Waals surface area contributed by atoms with Crippen LogP contribution in [0.25, 0.3) is 0 Å². The van der Waals surface area contributed by atoms with Gasteiger partial charge in [0.05, 0.1) is 6.20 Å². The summed E-state index contributed by atoms with van der Waals surface area (Å²) in [6.07, 6.45) is 6.42. The van der Waals surface area contributed by atoms with Crippen LogP contribution >= 0.6 is 0 Å². The fourth-order valence-corrected chi connectivity index (χ4v) is 3.85. The minimum atomic E-state index is 0.560. The molecule has 1 aliphatic heterocycles. The summed E-state index contributed by atoms with van der Waals surface area (Å²) in [5, 5.41) is 7.80. The third-order valence-electron chi connectivity index (χ3n) is 5.18. The Morgan fingerprint density at radius 2 is 2.08 bits per heavy atom. The Labute approximate surface area is 159 Å². The topological polar surface area (TPSA) is 48.7 Å². The molecule has 1 aromatic heterocycles. The summed E-state index contributed by atoms with van der Waals surface area (Å²) in [6, 6.07) is 1.18. The number of rotatable bonds is 8. The zero-order chi connectivity index (χ0) is 19.1. The van der Waals surface area contributed by atoms with Gasteiger partial charge in [0.1, 0.15) is 0 Å². The molecule has 0 aromatic carbocycles. The Balaban J connectivity index is 1.88. The highest BCUT2D eigenvalue weighted by molar-refractivity contribution is 5.80. The number of nitrogens with one attached hydrogen (secondary N) is 1. The molecule has 1 aliphatic rings. The molecule has 148 valence electrons. The standard InChI is InChI=1S/C20H38N6/c1-7-21-20(22-10-8-11-26(16(2)3)17(4)5)25-12-9-18(15-25)19-13-23-24(6)14-19/h13-14,16-18H,7-12,15H2,1-6H3,(H,21,22). The van der Waals surface area contributed by atoms with E-state index in [1.807, 2.05) is 17.9 Å². The van der Waals surface area contributed by atoms with Gasteiger partial charge < -0.3 is 10.2 Å². The number of aromatic nitrogens is 2. The smallest absolute Gasteiger partial charge is 0.193 e. The van der Waals surface area contributed by atoms with Crippen LogP contribution in [0.3, 0.4) is 0 Å². The lowest BCUT2D eigenvalue weighted by atomic mass is 10.0. The van der Waals surface area contributed by atoms with Crippen LogP contribution in [-0.2, 0) is 7.05 Å². The van der Waals surface area contributed by atoms with E-state index in [1.54, 1.807) is 0 Å². The summed E-state index contributed by atoms with van der Waals surface area (Å²) >= 11 is 0. The maximum absolute atomic E-state index is 4.90. The second-order valence-corrected chi connectivity index (χ2v) is 7.89. The Morgan fingerprint density at radius 1 is 1.35 bits per heavy atom. The van der Waals surface area contributed by atoms with Crippen LogP contribution < -0.4 is 5.32 Å². The van der Waals surface area contributed by atoms with Crippen molar-refractivity contribution in [3.8, 4) is 0 Å². The van der Waals surface area contributed by atoms with E-state index in [4.69, 9.17) is 4.99 Å². The van der Waals surface area contributed by atoms with Gasteiger partial charge in [-0.15, -0.1) is 0 Å². The maximum atomic E-state index is 4.90. The van der Waals surface area contributed by atoms with Crippen molar-refractivity contribution >= 4 is 5.96 Å². The van der Waals surface area contributed by atoms with Crippen LogP contribution in [-0.4, -0.2) is 70.3 Å². The number of hydrogen-bond acceptors (Lipinski definition) is 3. The molecule has 1 aromatic rings. The minimum absolute atomic E-state index is 0.560. The predicted molar refractivity (Wildman–Crippen MR) is 110 cm³/mol. The minimum Gasteiger partial charge on any atom is -0.357 e. The van der Waals surface area contributed by atoms with Crippen molar-refractivity contribution < 1.29 is 0 Å². The molecule has 0 amide bonds. The SMILES string of the molecule is CCNC(=NCCCN(C(C)C)C(C)C)N1CCC(c2cnn(C)c2)C1. The number of aryl methyl sites for hydroxylation is 1. The first-order valence-corrected chi connectivity index (χ1v) is 10.2. The van der Waals surface area contributed by atoms with Gasteiger partial charge in [-0.25, -0.2) is 0 Å². The largest absolute Gasteiger partial charge is 0.357 e. The highest BCUT2D eigenvalue weighted by Crippen LogP contribution is 2.26. The average Bonchev–Trinajstić information content (AvgIpc) is 3.21. The van der Waals surface area contributed by atoms with Crippen molar-refractivity contribution in [2.45, 2.75) is 65.5 Å². The van der Waals surface area contributed by atoms with Crippen LogP contribution in [0.2, 0.25) is 0 Å². The van der Waals surface area contributed by atoms with E-state index in [-0.39, 0.29) is 0 Å². The van der Waals surface area contributed by atoms with Crippen molar-refractivity contribution in [2.24, 2.45) is 12.0 Å². The first-order valence-electron chi connectivity index (χ1n) is 10.2. The van der Waals surface area contributed by atoms with Gasteiger partial charge in [-0.1, -0.05) is 0 Å². The summed E-state index contributed by atoms with van der Waals surface area (Å²) < 4.78 is 1.90. The zero-order valence-corrected chi connectivity index (χ0v) is 17.6. The maximum Gasteiger partial charge on any atom is 0.193 e. The molecule has 2 heterocycles. The van der Waals surface area contributed by atoms with E-state index in [1.165, 1.54) is 12.0 Å². The normalized spacial score (nSPS) is 18.6. The zero-order valence-electron chi connectivity index (χ0n) is 17.6. The van der Waals surface area contributed by atoms with E-state index < -0.39 is 0 Å². The molecule has 0 radical (unpaired) electrons. The predicted octanol–water partition coefficient (Wildman–Crippen LogP) is 2.68. The fourth-order valence-electron chi connectivity index (χ4n) is 3.85. The van der Waals surface area contributed by atoms with E-state index in [0.29, 0.717) is 18.0 Å². The Kier molecular flexibility index (Phi) is 7.94. The van der Waals surface area contributed by atoms with Crippen LogP contribution in [0.5, 0.6) is 0 Å². The average molecular weight is 363 g/mol. The Hall–Kier alpha value is -1.56. The van der Waals surface area contributed by atoms with Crippen molar-refractivity contribution in [1.82, 2.24) is 24.9 Å². The number of nitrogens with zero attached hydrogens (tertiary/aromatic N) is 5. The summed E-state index contributed by atoms with van der Waals surface area (Å²) in [5.74, 6) is 1.63. The molecular weight excluding hydrogens is 324 g/mol. The van der Waals surface area contributed by atoms with Crippen molar-refractivity contribution in [3.63, 3.8) is 0 Å². The van der Waals surface area contributed by atoms with Gasteiger partial charge in [0.2, 0.25) is 0 Å². The van der Waals surface area contributed by atoms with Crippen molar-refractivity contribution in [1.29, 1.82) is 0 Å². The number of likely N-dealkylation sites (tertiary alicyclic amines) is 1. The fraction of sp³-hybridized carbons (Fsp3) is 0.800. The molecule has 1 fully saturated rings. The Bertz CT molecular complexity index is 554. The lowest BCUT2D eigenvalue weighted by Crippen LogP contribution is -2.40. The second-order valence-electron chi connectivity index (χ2n) is 7.89. The lowest BCUT2D eigenvalue weighted by Gasteiger charge is -2.30. The van der Waals surface area contributed by atoms with Gasteiger partial charge in [0.25, 0.3) is 0 Å². The lowest BCUT2D eigenvalue weighted by molar-refractivity contribution is 0.174. The second kappa shape index (κ2) is 9.95. The van der Waals surface area contributed by atoms with E-state index in [2.05, 4.69) is 61.0 Å². The van der Waals surface area contributed by atoms with Gasteiger partial charge in [-0.05, 0) is 53.0 Å². The summed E-state index contributed by atoms with van der Waals surface area (Å²) in [6.45, 7) is 16.2. The van der Waals surface area contributed by atoms with E-state index in [0.717, 1.165) is 45.1 Å². The molecule has 26 heavy (non-hydrogen) atoms. The molecule has 0 aliphatic carbocycles. The van der Waals surface area contributed by atoms with Gasteiger partial charge in [-0.3, -0.25) is 14.6 Å². The first kappa shape index (κ1) is 20.7. The van der Waals surface area contributed by atoms with Gasteiger partial charge in [0.15, 0.2) is 5.96 Å². The third-order valence-corrected chi connectivity index (χ3v) is 5.18. The molecule has 0 bridgehead atoms. The van der Waals surface area contributed by atoms with Gasteiger partial charge in [0, 0.05) is 64.0 Å². The quantitative estimate of drug-likeness (QED) is 0.439. The number of guanidine groups is 1. The van der Waals surface area contributed by atoms with Crippen molar-refractivity contribution in [2.75, 3.05) is 32.7 Å². The molecule has 2 rings (SSSR count). The highest BCUT2D eigenvalue weighted by atomic mass is 15.3. The van der Waals surface area contributed by atoms with Gasteiger partial charge in [-0.2, -0.15) is 5.10 Å². The van der Waals surface area contributed by atoms with E-state index in [9.17, 15) is 0 Å². The first-order chi connectivity index (χ1) is 12.4. The Morgan fingerprint density at radius 3 is 2.65 bits per heavy atom. The molecule has 6 nitrogen and oxygen atoms in total. The highest BCUT2D eigenvalue weighted by Gasteiger charge is 2.26. The molecule has 0 saturated carbocycles. The van der Waals surface area contributed by atoms with Crippen molar-refractivity contribution in [3.05, 3.63) is 18.0 Å². The number of aliphatic imine (C=N–C) groups is 1. The van der Waals surface area contributed by atoms with E-state index >= 15 is 0 Å². The molecule has 1 N–H and O–H groups in total. The van der Waals surface area contributed by atoms with Gasteiger partial charge >= 0.3 is 0 Å². The molecule has 1 atom stereocenters.